The average molecular weight is 350 g/mol. The number of amides is 1. The molecule has 0 heterocycles. The topological polar surface area (TPSA) is 67.4 Å². The Bertz CT molecular complexity index is 592. The monoisotopic (exact) mass is 350 g/mol. The highest BCUT2D eigenvalue weighted by Gasteiger charge is 2.63. The van der Waals surface area contributed by atoms with Crippen molar-refractivity contribution >= 4 is 17.6 Å². The molecule has 1 aromatic carbocycles. The van der Waals surface area contributed by atoms with Gasteiger partial charge in [-0.05, 0) is 25.5 Å². The maximum atomic E-state index is 13.7. The van der Waals surface area contributed by atoms with Gasteiger partial charge in [-0.3, -0.25) is 4.79 Å². The van der Waals surface area contributed by atoms with Crippen molar-refractivity contribution in [2.24, 2.45) is 0 Å². The van der Waals surface area contributed by atoms with Gasteiger partial charge in [0.2, 0.25) is 5.91 Å². The van der Waals surface area contributed by atoms with Gasteiger partial charge < -0.3 is 15.4 Å². The summed E-state index contributed by atoms with van der Waals surface area (Å²) in [5.41, 5.74) is -4.18. The number of rotatable bonds is 7. The van der Waals surface area contributed by atoms with Crippen molar-refractivity contribution in [2.45, 2.75) is 38.5 Å². The van der Waals surface area contributed by atoms with Crippen molar-refractivity contribution in [3.63, 3.8) is 0 Å². The zero-order valence-corrected chi connectivity index (χ0v) is 13.2. The van der Waals surface area contributed by atoms with Crippen molar-refractivity contribution in [1.82, 2.24) is 5.32 Å². The third-order valence-electron chi connectivity index (χ3n) is 3.01. The Hall–Kier alpha value is -2.32. The number of alkyl halides is 3. The summed E-state index contributed by atoms with van der Waals surface area (Å²) >= 11 is 0. The first-order valence-corrected chi connectivity index (χ1v) is 7.25. The molecule has 1 unspecified atom stereocenters. The number of esters is 1. The number of para-hydroxylation sites is 1. The summed E-state index contributed by atoms with van der Waals surface area (Å²) in [7, 11) is 0. The van der Waals surface area contributed by atoms with Crippen molar-refractivity contribution in [3.05, 3.63) is 30.1 Å². The lowest BCUT2D eigenvalue weighted by molar-refractivity contribution is -0.207. The molecule has 5 nitrogen and oxygen atoms in total. The smallest absolute Gasteiger partial charge is 0.441 e. The summed E-state index contributed by atoms with van der Waals surface area (Å²) in [6.45, 7) is 2.55. The number of carbonyl (C=O) groups is 2. The predicted octanol–water partition coefficient (Wildman–Crippen LogP) is 2.98. The second-order valence-corrected chi connectivity index (χ2v) is 4.87. The molecule has 1 atom stereocenters. The van der Waals surface area contributed by atoms with Crippen LogP contribution in [0.3, 0.4) is 0 Å². The van der Waals surface area contributed by atoms with E-state index in [1.165, 1.54) is 19.1 Å². The van der Waals surface area contributed by atoms with Gasteiger partial charge in [0, 0.05) is 6.42 Å². The van der Waals surface area contributed by atoms with Crippen molar-refractivity contribution in [2.75, 3.05) is 11.9 Å². The minimum atomic E-state index is -5.27. The Morgan fingerprint density at radius 1 is 1.17 bits per heavy atom. The third kappa shape index (κ3) is 4.36. The zero-order valence-electron chi connectivity index (χ0n) is 13.2. The van der Waals surface area contributed by atoms with Crippen LogP contribution in [0.25, 0.3) is 0 Å². The highest BCUT2D eigenvalue weighted by atomic mass is 19.4. The van der Waals surface area contributed by atoms with E-state index in [9.17, 15) is 27.2 Å². The number of benzene rings is 1. The van der Waals surface area contributed by atoms with Crippen LogP contribution in [0.15, 0.2) is 24.3 Å². The molecule has 1 amide bonds. The van der Waals surface area contributed by atoms with E-state index in [0.717, 1.165) is 12.1 Å². The minimum Gasteiger partial charge on any atom is -0.463 e. The summed E-state index contributed by atoms with van der Waals surface area (Å²) < 4.78 is 59.2. The zero-order chi connectivity index (χ0) is 18.4. The molecular weight excluding hydrogens is 332 g/mol. The highest BCUT2D eigenvalue weighted by Crippen LogP contribution is 2.34. The van der Waals surface area contributed by atoms with Crippen LogP contribution in [0.4, 0.5) is 23.2 Å². The Morgan fingerprint density at radius 2 is 1.79 bits per heavy atom. The Morgan fingerprint density at radius 3 is 2.29 bits per heavy atom. The van der Waals surface area contributed by atoms with Crippen molar-refractivity contribution in [1.29, 1.82) is 0 Å². The molecule has 0 bridgehead atoms. The molecule has 1 rings (SSSR count). The fraction of sp³-hybridized carbons (Fsp3) is 0.467. The number of halogens is 4. The Kier molecular flexibility index (Phi) is 6.56. The standard InChI is InChI=1S/C15H18F4N2O3/c1-3-7-12(22)21-14(15(17,18)19,13(23)24-4-2)20-11-9-6-5-8-10(11)16/h5-6,8-9,20H,3-4,7H2,1-2H3,(H,21,22). The van der Waals surface area contributed by atoms with Gasteiger partial charge in [0.1, 0.15) is 5.82 Å². The highest BCUT2D eigenvalue weighted by molar-refractivity contribution is 5.91. The van der Waals surface area contributed by atoms with E-state index in [4.69, 9.17) is 0 Å². The van der Waals surface area contributed by atoms with Crippen LogP contribution in [0.5, 0.6) is 0 Å². The van der Waals surface area contributed by atoms with Crippen LogP contribution in [0.2, 0.25) is 0 Å². The van der Waals surface area contributed by atoms with E-state index >= 15 is 0 Å². The second-order valence-electron chi connectivity index (χ2n) is 4.87. The van der Waals surface area contributed by atoms with Gasteiger partial charge in [0.15, 0.2) is 0 Å². The molecule has 0 radical (unpaired) electrons. The second kappa shape index (κ2) is 7.98. The molecule has 0 aliphatic heterocycles. The van der Waals surface area contributed by atoms with Gasteiger partial charge >= 0.3 is 17.8 Å². The van der Waals surface area contributed by atoms with E-state index in [0.29, 0.717) is 0 Å². The number of hydrogen-bond donors (Lipinski definition) is 2. The molecule has 134 valence electrons. The number of anilines is 1. The van der Waals surface area contributed by atoms with Gasteiger partial charge in [-0.2, -0.15) is 13.2 Å². The first kappa shape index (κ1) is 19.7. The first-order valence-electron chi connectivity index (χ1n) is 7.25. The van der Waals surface area contributed by atoms with Crippen LogP contribution < -0.4 is 10.6 Å². The number of nitrogens with one attached hydrogen (secondary N) is 2. The van der Waals surface area contributed by atoms with Gasteiger partial charge in [-0.1, -0.05) is 19.1 Å². The lowest BCUT2D eigenvalue weighted by atomic mass is 10.1. The fourth-order valence-electron chi connectivity index (χ4n) is 1.89. The molecule has 0 aliphatic rings. The van der Waals surface area contributed by atoms with Gasteiger partial charge in [0.05, 0.1) is 12.3 Å². The van der Waals surface area contributed by atoms with Gasteiger partial charge in [-0.15, -0.1) is 0 Å². The molecule has 24 heavy (non-hydrogen) atoms. The van der Waals surface area contributed by atoms with Gasteiger partial charge in [0.25, 0.3) is 0 Å². The molecule has 0 spiro atoms. The molecule has 0 fully saturated rings. The summed E-state index contributed by atoms with van der Waals surface area (Å²) in [6.07, 6.45) is -5.25. The van der Waals surface area contributed by atoms with Crippen LogP contribution in [0, 0.1) is 5.82 Å². The maximum absolute atomic E-state index is 13.7. The summed E-state index contributed by atoms with van der Waals surface area (Å²) in [5.74, 6) is -3.81. The van der Waals surface area contributed by atoms with E-state index in [-0.39, 0.29) is 19.4 Å². The molecule has 0 aromatic heterocycles. The van der Waals surface area contributed by atoms with E-state index in [1.807, 2.05) is 0 Å². The SMILES string of the molecule is CCCC(=O)NC(Nc1ccccc1F)(C(=O)OCC)C(F)(F)F. The van der Waals surface area contributed by atoms with E-state index in [2.05, 4.69) is 4.74 Å². The summed E-state index contributed by atoms with van der Waals surface area (Å²) in [5, 5.41) is 3.38. The molecule has 0 saturated carbocycles. The Labute approximate surface area is 136 Å². The lowest BCUT2D eigenvalue weighted by Crippen LogP contribution is -2.69. The largest absolute Gasteiger partial charge is 0.463 e. The maximum Gasteiger partial charge on any atom is 0.441 e. The Balaban J connectivity index is 3.37. The van der Waals surface area contributed by atoms with Crippen LogP contribution in [-0.2, 0) is 14.3 Å². The fourth-order valence-corrected chi connectivity index (χ4v) is 1.89. The molecule has 1 aromatic rings. The van der Waals surface area contributed by atoms with E-state index in [1.54, 1.807) is 17.6 Å². The summed E-state index contributed by atoms with van der Waals surface area (Å²) in [6, 6.07) is 4.49. The minimum absolute atomic E-state index is 0.240. The molecule has 0 aliphatic carbocycles. The van der Waals surface area contributed by atoms with E-state index < -0.39 is 35.2 Å². The predicted molar refractivity (Wildman–Crippen MR) is 78.5 cm³/mol. The quantitative estimate of drug-likeness (QED) is 0.451. The number of carbonyl (C=O) groups excluding carboxylic acids is 2. The van der Waals surface area contributed by atoms with Crippen LogP contribution in [0.1, 0.15) is 26.7 Å². The number of ether oxygens (including phenoxy) is 1. The van der Waals surface area contributed by atoms with Crippen LogP contribution in [-0.4, -0.2) is 30.3 Å². The lowest BCUT2D eigenvalue weighted by Gasteiger charge is -2.35. The summed E-state index contributed by atoms with van der Waals surface area (Å²) in [4.78, 5) is 23.8. The van der Waals surface area contributed by atoms with Crippen molar-refractivity contribution < 1.29 is 31.9 Å². The third-order valence-corrected chi connectivity index (χ3v) is 3.01. The first-order chi connectivity index (χ1) is 11.2. The normalized spacial score (nSPS) is 13.8. The molecular formula is C15H18F4N2O3. The van der Waals surface area contributed by atoms with Gasteiger partial charge in [-0.25, -0.2) is 9.18 Å². The van der Waals surface area contributed by atoms with Crippen molar-refractivity contribution in [3.8, 4) is 0 Å². The van der Waals surface area contributed by atoms with Crippen LogP contribution >= 0.6 is 0 Å². The average Bonchev–Trinajstić information content (AvgIpc) is 2.48. The molecule has 9 heteroatoms. The molecule has 0 saturated heterocycles. The number of hydrogen-bond acceptors (Lipinski definition) is 4. The molecule has 2 N–H and O–H groups in total.